The number of pyridine rings is 1. The number of hydrogen-bond donors (Lipinski definition) is 0. The van der Waals surface area contributed by atoms with E-state index < -0.39 is 5.97 Å². The van der Waals surface area contributed by atoms with E-state index in [4.69, 9.17) is 11.6 Å². The number of nitrogens with zero attached hydrogens (tertiary/aromatic N) is 2. The van der Waals surface area contributed by atoms with Crippen molar-refractivity contribution in [1.29, 1.82) is 0 Å². The van der Waals surface area contributed by atoms with Crippen LogP contribution in [-0.4, -0.2) is 22.7 Å². The van der Waals surface area contributed by atoms with E-state index in [1.807, 2.05) is 18.3 Å². The smallest absolute Gasteiger partial charge is 0.360 e. The second kappa shape index (κ2) is 3.74. The summed E-state index contributed by atoms with van der Waals surface area (Å²) in [5.74, 6) is 0.138. The Balaban J connectivity index is 2.15. The van der Waals surface area contributed by atoms with Gasteiger partial charge in [-0.2, -0.15) is 5.10 Å². The second-order valence-electron chi connectivity index (χ2n) is 4.22. The van der Waals surface area contributed by atoms with E-state index in [1.54, 1.807) is 4.52 Å². The van der Waals surface area contributed by atoms with E-state index in [1.165, 1.54) is 25.5 Å². The Morgan fingerprint density at radius 3 is 3.00 bits per heavy atom. The number of fused-ring (bicyclic) bond motifs is 1. The van der Waals surface area contributed by atoms with Crippen LogP contribution in [0.3, 0.4) is 0 Å². The maximum atomic E-state index is 11.5. The molecule has 17 heavy (non-hydrogen) atoms. The maximum Gasteiger partial charge on any atom is 0.360 e. The molecule has 0 N–H and O–H groups in total. The number of hydrogen-bond acceptors (Lipinski definition) is 3. The Labute approximate surface area is 103 Å². The molecule has 0 aliphatic heterocycles. The number of methoxy groups -OCH3 is 1. The highest BCUT2D eigenvalue weighted by atomic mass is 35.5. The lowest BCUT2D eigenvalue weighted by Crippen LogP contribution is -2.02. The van der Waals surface area contributed by atoms with Crippen LogP contribution in [0.1, 0.15) is 34.8 Å². The van der Waals surface area contributed by atoms with Gasteiger partial charge in [-0.25, -0.2) is 9.31 Å². The maximum absolute atomic E-state index is 11.5. The fourth-order valence-corrected chi connectivity index (χ4v) is 2.19. The van der Waals surface area contributed by atoms with Gasteiger partial charge in [-0.1, -0.05) is 11.6 Å². The Morgan fingerprint density at radius 1 is 1.59 bits per heavy atom. The van der Waals surface area contributed by atoms with E-state index in [0.717, 1.165) is 5.52 Å². The molecule has 1 aliphatic rings. The van der Waals surface area contributed by atoms with Gasteiger partial charge >= 0.3 is 5.97 Å². The normalized spacial score (nSPS) is 15.2. The van der Waals surface area contributed by atoms with E-state index in [9.17, 15) is 4.79 Å². The molecule has 3 rings (SSSR count). The summed E-state index contributed by atoms with van der Waals surface area (Å²) >= 11 is 6.14. The van der Waals surface area contributed by atoms with Crippen molar-refractivity contribution >= 4 is 23.1 Å². The van der Waals surface area contributed by atoms with Gasteiger partial charge in [0.1, 0.15) is 5.02 Å². The summed E-state index contributed by atoms with van der Waals surface area (Å²) in [5, 5.41) is 4.47. The van der Waals surface area contributed by atoms with Crippen LogP contribution in [0.15, 0.2) is 18.3 Å². The SMILES string of the molecule is COC(=O)c1nn2ccc(C3CC3)cc2c1Cl. The quantitative estimate of drug-likeness (QED) is 0.770. The number of aromatic nitrogens is 2. The molecule has 4 nitrogen and oxygen atoms in total. The molecule has 5 heteroatoms. The largest absolute Gasteiger partial charge is 0.464 e. The molecular formula is C12H11ClN2O2. The minimum absolute atomic E-state index is 0.169. The van der Waals surface area contributed by atoms with Crippen LogP contribution in [-0.2, 0) is 4.74 Å². The summed E-state index contributed by atoms with van der Waals surface area (Å²) in [5.41, 5.74) is 2.19. The lowest BCUT2D eigenvalue weighted by atomic mass is 10.1. The van der Waals surface area contributed by atoms with Gasteiger partial charge in [0.2, 0.25) is 0 Å². The monoisotopic (exact) mass is 250 g/mol. The highest BCUT2D eigenvalue weighted by Crippen LogP contribution is 2.40. The third kappa shape index (κ3) is 1.69. The summed E-state index contributed by atoms with van der Waals surface area (Å²) in [6.07, 6.45) is 4.29. The van der Waals surface area contributed by atoms with E-state index in [0.29, 0.717) is 10.9 Å². The van der Waals surface area contributed by atoms with Crippen LogP contribution in [0.25, 0.3) is 5.52 Å². The molecule has 1 saturated carbocycles. The van der Waals surface area contributed by atoms with Crippen molar-refractivity contribution in [1.82, 2.24) is 9.61 Å². The van der Waals surface area contributed by atoms with Crippen LogP contribution in [0.5, 0.6) is 0 Å². The fourth-order valence-electron chi connectivity index (χ4n) is 1.93. The Morgan fingerprint density at radius 2 is 2.35 bits per heavy atom. The first-order valence-electron chi connectivity index (χ1n) is 5.47. The average Bonchev–Trinajstić information content (AvgIpc) is 3.14. The zero-order chi connectivity index (χ0) is 12.0. The first kappa shape index (κ1) is 10.6. The number of ether oxygens (including phenoxy) is 1. The van der Waals surface area contributed by atoms with Gasteiger partial charge in [0.05, 0.1) is 12.6 Å². The predicted octanol–water partition coefficient (Wildman–Crippen LogP) is 2.65. The molecular weight excluding hydrogens is 240 g/mol. The molecule has 0 radical (unpaired) electrons. The highest BCUT2D eigenvalue weighted by Gasteiger charge is 2.25. The van der Waals surface area contributed by atoms with E-state index >= 15 is 0 Å². The lowest BCUT2D eigenvalue weighted by molar-refractivity contribution is 0.0594. The topological polar surface area (TPSA) is 43.6 Å². The summed E-state index contributed by atoms with van der Waals surface area (Å²) < 4.78 is 6.25. The van der Waals surface area contributed by atoms with Gasteiger partial charge in [0.15, 0.2) is 5.69 Å². The van der Waals surface area contributed by atoms with Crippen LogP contribution in [0.4, 0.5) is 0 Å². The van der Waals surface area contributed by atoms with Crippen LogP contribution < -0.4 is 0 Å². The fraction of sp³-hybridized carbons (Fsp3) is 0.333. The lowest BCUT2D eigenvalue weighted by Gasteiger charge is -1.98. The highest BCUT2D eigenvalue weighted by molar-refractivity contribution is 6.36. The molecule has 2 aromatic heterocycles. The molecule has 0 unspecified atom stereocenters. The standard InChI is InChI=1S/C12H11ClN2O2/c1-17-12(16)11-10(13)9-6-8(7-2-3-7)4-5-15(9)14-11/h4-7H,2-3H2,1H3. The zero-order valence-corrected chi connectivity index (χ0v) is 10.1. The molecule has 0 atom stereocenters. The average molecular weight is 251 g/mol. The number of halogens is 1. The van der Waals surface area contributed by atoms with Crippen LogP contribution >= 0.6 is 11.6 Å². The van der Waals surface area contributed by atoms with Gasteiger partial charge < -0.3 is 4.74 Å². The Hall–Kier alpha value is -1.55. The first-order chi connectivity index (χ1) is 8.20. The van der Waals surface area contributed by atoms with Crippen LogP contribution in [0, 0.1) is 0 Å². The molecule has 1 fully saturated rings. The number of rotatable bonds is 2. The number of carbonyl (C=O) groups excluding carboxylic acids is 1. The van der Waals surface area contributed by atoms with Gasteiger partial charge in [-0.05, 0) is 36.5 Å². The van der Waals surface area contributed by atoms with E-state index in [2.05, 4.69) is 9.84 Å². The van der Waals surface area contributed by atoms with Crippen molar-refractivity contribution in [2.75, 3.05) is 7.11 Å². The van der Waals surface area contributed by atoms with Gasteiger partial charge in [-0.3, -0.25) is 0 Å². The Kier molecular flexibility index (Phi) is 2.33. The molecule has 1 aliphatic carbocycles. The number of carbonyl (C=O) groups is 1. The zero-order valence-electron chi connectivity index (χ0n) is 9.31. The molecule has 88 valence electrons. The number of esters is 1. The molecule has 2 aromatic rings. The summed E-state index contributed by atoms with van der Waals surface area (Å²) in [6.45, 7) is 0. The predicted molar refractivity (Wildman–Crippen MR) is 63.5 cm³/mol. The van der Waals surface area contributed by atoms with Crippen LogP contribution in [0.2, 0.25) is 5.02 Å². The Bertz CT molecular complexity index is 602. The minimum atomic E-state index is -0.508. The van der Waals surface area contributed by atoms with Crippen molar-refractivity contribution < 1.29 is 9.53 Å². The van der Waals surface area contributed by atoms with Crippen molar-refractivity contribution in [2.45, 2.75) is 18.8 Å². The van der Waals surface area contributed by atoms with E-state index in [-0.39, 0.29) is 5.69 Å². The summed E-state index contributed by atoms with van der Waals surface area (Å²) in [6, 6.07) is 4.02. The van der Waals surface area contributed by atoms with Gasteiger partial charge in [0, 0.05) is 6.20 Å². The third-order valence-corrected chi connectivity index (χ3v) is 3.40. The van der Waals surface area contributed by atoms with Crippen molar-refractivity contribution in [3.8, 4) is 0 Å². The minimum Gasteiger partial charge on any atom is -0.464 e. The summed E-state index contributed by atoms with van der Waals surface area (Å²) in [7, 11) is 1.32. The molecule has 2 heterocycles. The first-order valence-corrected chi connectivity index (χ1v) is 5.84. The molecule has 0 amide bonds. The summed E-state index contributed by atoms with van der Waals surface area (Å²) in [4.78, 5) is 11.5. The molecule has 0 spiro atoms. The molecule has 0 bridgehead atoms. The molecule has 0 aromatic carbocycles. The molecule has 0 saturated heterocycles. The van der Waals surface area contributed by atoms with Crippen molar-refractivity contribution in [3.63, 3.8) is 0 Å². The van der Waals surface area contributed by atoms with Gasteiger partial charge in [0.25, 0.3) is 0 Å². The van der Waals surface area contributed by atoms with Gasteiger partial charge in [-0.15, -0.1) is 0 Å². The van der Waals surface area contributed by atoms with Crippen molar-refractivity contribution in [2.24, 2.45) is 0 Å². The van der Waals surface area contributed by atoms with Crippen molar-refractivity contribution in [3.05, 3.63) is 34.6 Å². The second-order valence-corrected chi connectivity index (χ2v) is 4.60. The third-order valence-electron chi connectivity index (χ3n) is 3.03.